The summed E-state index contributed by atoms with van der Waals surface area (Å²) in [7, 11) is 0. The number of esters is 1. The van der Waals surface area contributed by atoms with Crippen LogP contribution in [0.3, 0.4) is 0 Å². The summed E-state index contributed by atoms with van der Waals surface area (Å²) in [6, 6.07) is 0. The maximum Gasteiger partial charge on any atom is 0.309 e. The van der Waals surface area contributed by atoms with E-state index in [1.54, 1.807) is 0 Å². The predicted molar refractivity (Wildman–Crippen MR) is 66.4 cm³/mol. The molecule has 0 unspecified atom stereocenters. The average molecular weight is 236 g/mol. The Morgan fingerprint density at radius 3 is 2.71 bits per heavy atom. The summed E-state index contributed by atoms with van der Waals surface area (Å²) in [6.45, 7) is 7.96. The molecule has 0 amide bonds. The number of fused-ring (bicyclic) bond motifs is 3. The first kappa shape index (κ1) is 11.6. The fourth-order valence-electron chi connectivity index (χ4n) is 5.20. The molecule has 3 aliphatic rings. The van der Waals surface area contributed by atoms with Gasteiger partial charge in [0, 0.05) is 5.92 Å². The molecule has 2 aliphatic carbocycles. The van der Waals surface area contributed by atoms with E-state index in [9.17, 15) is 4.79 Å². The van der Waals surface area contributed by atoms with Gasteiger partial charge in [0.05, 0.1) is 12.5 Å². The minimum Gasteiger partial charge on any atom is -0.465 e. The van der Waals surface area contributed by atoms with E-state index in [-0.39, 0.29) is 11.9 Å². The Morgan fingerprint density at radius 1 is 1.18 bits per heavy atom. The zero-order valence-corrected chi connectivity index (χ0v) is 11.3. The maximum atomic E-state index is 11.8. The van der Waals surface area contributed by atoms with Crippen molar-refractivity contribution in [2.45, 2.75) is 52.9 Å². The second kappa shape index (κ2) is 3.49. The highest BCUT2D eigenvalue weighted by molar-refractivity contribution is 5.75. The highest BCUT2D eigenvalue weighted by atomic mass is 16.5. The molecule has 0 aromatic carbocycles. The molecule has 0 spiro atoms. The lowest BCUT2D eigenvalue weighted by Gasteiger charge is -2.57. The van der Waals surface area contributed by atoms with Gasteiger partial charge in [0.1, 0.15) is 0 Å². The summed E-state index contributed by atoms with van der Waals surface area (Å²) in [6.07, 6.45) is 6.24. The summed E-state index contributed by atoms with van der Waals surface area (Å²) in [5, 5.41) is 0. The highest BCUT2D eigenvalue weighted by Crippen LogP contribution is 2.62. The standard InChI is InChI=1S/C15H24O2/c1-14(2)7-4-8-15(3)11-9-17-13(16)10(11)5-6-12(14)15/h10-12H,4-9H2,1-3H3/t10-,11-,12+,15-/m1/s1. The molecule has 17 heavy (non-hydrogen) atoms. The molecule has 2 nitrogen and oxygen atoms in total. The summed E-state index contributed by atoms with van der Waals surface area (Å²) < 4.78 is 5.34. The molecule has 1 heterocycles. The third-order valence-corrected chi connectivity index (χ3v) is 6.08. The molecule has 4 atom stereocenters. The molecule has 0 N–H and O–H groups in total. The molecule has 0 aromatic heterocycles. The van der Waals surface area contributed by atoms with Crippen molar-refractivity contribution < 1.29 is 9.53 Å². The number of hydrogen-bond acceptors (Lipinski definition) is 2. The summed E-state index contributed by atoms with van der Waals surface area (Å²) >= 11 is 0. The van der Waals surface area contributed by atoms with Gasteiger partial charge >= 0.3 is 5.97 Å². The molecule has 0 radical (unpaired) electrons. The van der Waals surface area contributed by atoms with Crippen LogP contribution in [0.5, 0.6) is 0 Å². The second-order valence-electron chi connectivity index (χ2n) is 7.32. The van der Waals surface area contributed by atoms with E-state index >= 15 is 0 Å². The minimum atomic E-state index is 0.0815. The van der Waals surface area contributed by atoms with Gasteiger partial charge in [-0.2, -0.15) is 0 Å². The molecule has 2 heteroatoms. The van der Waals surface area contributed by atoms with Crippen LogP contribution in [0.2, 0.25) is 0 Å². The van der Waals surface area contributed by atoms with E-state index in [1.165, 1.54) is 25.7 Å². The largest absolute Gasteiger partial charge is 0.465 e. The third-order valence-electron chi connectivity index (χ3n) is 6.08. The number of carbonyl (C=O) groups is 1. The van der Waals surface area contributed by atoms with Crippen LogP contribution in [0.25, 0.3) is 0 Å². The quantitative estimate of drug-likeness (QED) is 0.602. The van der Waals surface area contributed by atoms with E-state index in [4.69, 9.17) is 4.74 Å². The van der Waals surface area contributed by atoms with Crippen LogP contribution in [0.1, 0.15) is 52.9 Å². The fourth-order valence-corrected chi connectivity index (χ4v) is 5.20. The SMILES string of the molecule is CC1(C)CCC[C@]2(C)[C@@H]3COC(=O)[C@@H]3CC[C@@H]12. The second-order valence-corrected chi connectivity index (χ2v) is 7.32. The summed E-state index contributed by atoms with van der Waals surface area (Å²) in [5.41, 5.74) is 0.792. The predicted octanol–water partition coefficient (Wildman–Crippen LogP) is 3.40. The Morgan fingerprint density at radius 2 is 1.94 bits per heavy atom. The Kier molecular flexibility index (Phi) is 2.37. The topological polar surface area (TPSA) is 26.3 Å². The van der Waals surface area contributed by atoms with Crippen molar-refractivity contribution >= 4 is 5.97 Å². The lowest BCUT2D eigenvalue weighted by atomic mass is 9.47. The Bertz CT molecular complexity index is 347. The highest BCUT2D eigenvalue weighted by Gasteiger charge is 2.58. The molecule has 1 aliphatic heterocycles. The van der Waals surface area contributed by atoms with Crippen molar-refractivity contribution in [3.05, 3.63) is 0 Å². The first-order valence-corrected chi connectivity index (χ1v) is 7.12. The zero-order valence-electron chi connectivity index (χ0n) is 11.3. The van der Waals surface area contributed by atoms with Gasteiger partial charge in [0.15, 0.2) is 0 Å². The fraction of sp³-hybridized carbons (Fsp3) is 0.933. The van der Waals surface area contributed by atoms with Crippen LogP contribution in [0.15, 0.2) is 0 Å². The van der Waals surface area contributed by atoms with Gasteiger partial charge in [-0.05, 0) is 42.4 Å². The molecule has 96 valence electrons. The van der Waals surface area contributed by atoms with Crippen LogP contribution in [0, 0.1) is 28.6 Å². The lowest BCUT2D eigenvalue weighted by Crippen LogP contribution is -2.51. The van der Waals surface area contributed by atoms with E-state index in [0.29, 0.717) is 23.4 Å². The van der Waals surface area contributed by atoms with Gasteiger partial charge in [0.2, 0.25) is 0 Å². The summed E-state index contributed by atoms with van der Waals surface area (Å²) in [5.74, 6) is 1.57. The molecule has 0 aromatic rings. The summed E-state index contributed by atoms with van der Waals surface area (Å²) in [4.78, 5) is 11.8. The number of carbonyl (C=O) groups excluding carboxylic acids is 1. The van der Waals surface area contributed by atoms with Gasteiger partial charge in [-0.1, -0.05) is 27.2 Å². The van der Waals surface area contributed by atoms with Crippen molar-refractivity contribution in [3.63, 3.8) is 0 Å². The zero-order chi connectivity index (χ0) is 12.3. The van der Waals surface area contributed by atoms with E-state index in [2.05, 4.69) is 20.8 Å². The number of rotatable bonds is 0. The van der Waals surface area contributed by atoms with Crippen LogP contribution in [-0.4, -0.2) is 12.6 Å². The first-order valence-electron chi connectivity index (χ1n) is 7.12. The molecule has 1 saturated heterocycles. The minimum absolute atomic E-state index is 0.0815. The normalized spacial score (nSPS) is 48.2. The van der Waals surface area contributed by atoms with Crippen molar-refractivity contribution in [1.29, 1.82) is 0 Å². The van der Waals surface area contributed by atoms with Crippen molar-refractivity contribution in [2.24, 2.45) is 28.6 Å². The van der Waals surface area contributed by atoms with Crippen molar-refractivity contribution in [3.8, 4) is 0 Å². The molecule has 2 saturated carbocycles. The number of ether oxygens (including phenoxy) is 1. The van der Waals surface area contributed by atoms with Crippen molar-refractivity contribution in [1.82, 2.24) is 0 Å². The third kappa shape index (κ3) is 1.49. The Balaban J connectivity index is 1.95. The maximum absolute atomic E-state index is 11.8. The van der Waals surface area contributed by atoms with E-state index < -0.39 is 0 Å². The smallest absolute Gasteiger partial charge is 0.309 e. The Hall–Kier alpha value is -0.530. The van der Waals surface area contributed by atoms with Crippen LogP contribution in [-0.2, 0) is 9.53 Å². The van der Waals surface area contributed by atoms with Gasteiger partial charge in [-0.15, -0.1) is 0 Å². The number of cyclic esters (lactones) is 1. The molecular weight excluding hydrogens is 212 g/mol. The molecule has 3 fully saturated rings. The molecular formula is C15H24O2. The lowest BCUT2D eigenvalue weighted by molar-refractivity contribution is -0.143. The van der Waals surface area contributed by atoms with Crippen LogP contribution < -0.4 is 0 Å². The first-order chi connectivity index (χ1) is 7.95. The molecule has 3 rings (SSSR count). The van der Waals surface area contributed by atoms with E-state index in [1.807, 2.05) is 0 Å². The monoisotopic (exact) mass is 236 g/mol. The van der Waals surface area contributed by atoms with E-state index in [0.717, 1.165) is 12.3 Å². The van der Waals surface area contributed by atoms with Crippen LogP contribution >= 0.6 is 0 Å². The van der Waals surface area contributed by atoms with Gasteiger partial charge < -0.3 is 4.74 Å². The van der Waals surface area contributed by atoms with Gasteiger partial charge in [-0.3, -0.25) is 4.79 Å². The van der Waals surface area contributed by atoms with Gasteiger partial charge in [0.25, 0.3) is 0 Å². The van der Waals surface area contributed by atoms with Crippen molar-refractivity contribution in [2.75, 3.05) is 6.61 Å². The molecule has 0 bridgehead atoms. The Labute approximate surface area is 104 Å². The average Bonchev–Trinajstić information content (AvgIpc) is 2.60. The number of hydrogen-bond donors (Lipinski definition) is 0. The van der Waals surface area contributed by atoms with Gasteiger partial charge in [-0.25, -0.2) is 0 Å². The van der Waals surface area contributed by atoms with Crippen LogP contribution in [0.4, 0.5) is 0 Å².